The zero-order valence-corrected chi connectivity index (χ0v) is 24.0. The highest BCUT2D eigenvalue weighted by Gasteiger charge is 2.37. The maximum absolute atomic E-state index is 13.3. The number of barbiturate groups is 1. The van der Waals surface area contributed by atoms with E-state index in [2.05, 4.69) is 26.6 Å². The second-order valence-corrected chi connectivity index (χ2v) is 9.54. The molecular weight excluding hydrogens is 594 g/mol. The molecule has 1 fully saturated rings. The number of carbonyl (C=O) groups is 4. The minimum absolute atomic E-state index is 0.250. The van der Waals surface area contributed by atoms with Gasteiger partial charge in [0.2, 0.25) is 0 Å². The molecule has 0 spiro atoms. The van der Waals surface area contributed by atoms with E-state index >= 15 is 0 Å². The van der Waals surface area contributed by atoms with Crippen LogP contribution in [0.5, 0.6) is 17.2 Å². The van der Waals surface area contributed by atoms with Gasteiger partial charge in [-0.05, 0) is 67.4 Å². The number of hydrogen-bond donors (Lipinski definition) is 2. The largest absolute Gasteiger partial charge is 0.494 e. The first-order chi connectivity index (χ1) is 19.8. The first-order valence-electron chi connectivity index (χ1n) is 12.8. The second kappa shape index (κ2) is 13.6. The summed E-state index contributed by atoms with van der Waals surface area (Å²) in [5.41, 5.74) is 1.40. The fourth-order valence-electron chi connectivity index (χ4n) is 3.94. The van der Waals surface area contributed by atoms with Gasteiger partial charge in [0, 0.05) is 11.0 Å². The molecule has 1 aliphatic heterocycles. The van der Waals surface area contributed by atoms with Crippen LogP contribution in [-0.4, -0.2) is 43.6 Å². The molecule has 0 aromatic heterocycles. The van der Waals surface area contributed by atoms with E-state index in [-0.39, 0.29) is 23.8 Å². The Hall–Kier alpha value is -4.64. The number of anilines is 1. The topological polar surface area (TPSA) is 123 Å². The van der Waals surface area contributed by atoms with Gasteiger partial charge in [-0.15, -0.1) is 0 Å². The molecule has 212 valence electrons. The minimum Gasteiger partial charge on any atom is -0.494 e. The standard InChI is InChI=1S/C30H28BrN3O7/c1-3-39-22-12-10-21(11-13-22)34-29(37)23(28(36)33-30(34)38)14-20-15-25(40-4-2)26(16-24(20)31)41-18-27(35)32-17-19-8-6-5-7-9-19/h5-16H,3-4,17-18H2,1-2H3,(H,32,35)(H,33,36,38). The van der Waals surface area contributed by atoms with Gasteiger partial charge in [0.1, 0.15) is 11.3 Å². The van der Waals surface area contributed by atoms with Crippen molar-refractivity contribution < 1.29 is 33.4 Å². The van der Waals surface area contributed by atoms with Crippen molar-refractivity contribution in [3.05, 3.63) is 87.9 Å². The third kappa shape index (κ3) is 7.31. The molecule has 0 aliphatic carbocycles. The van der Waals surface area contributed by atoms with Crippen LogP contribution in [0.1, 0.15) is 25.0 Å². The third-order valence-corrected chi connectivity index (χ3v) is 6.55. The molecule has 11 heteroatoms. The van der Waals surface area contributed by atoms with Crippen LogP contribution in [0.15, 0.2) is 76.8 Å². The number of carbonyl (C=O) groups excluding carboxylic acids is 4. The molecule has 41 heavy (non-hydrogen) atoms. The van der Waals surface area contributed by atoms with Gasteiger partial charge in [-0.2, -0.15) is 0 Å². The van der Waals surface area contributed by atoms with E-state index in [9.17, 15) is 19.2 Å². The van der Waals surface area contributed by atoms with E-state index in [1.807, 2.05) is 37.3 Å². The summed E-state index contributed by atoms with van der Waals surface area (Å²) in [5, 5.41) is 5.00. The molecular formula is C30H28BrN3O7. The molecule has 3 aromatic carbocycles. The molecule has 2 N–H and O–H groups in total. The summed E-state index contributed by atoms with van der Waals surface area (Å²) in [4.78, 5) is 51.8. The van der Waals surface area contributed by atoms with Crippen molar-refractivity contribution in [2.45, 2.75) is 20.4 Å². The van der Waals surface area contributed by atoms with E-state index in [4.69, 9.17) is 14.2 Å². The van der Waals surface area contributed by atoms with E-state index in [1.165, 1.54) is 6.08 Å². The van der Waals surface area contributed by atoms with Crippen molar-refractivity contribution in [2.75, 3.05) is 24.7 Å². The number of urea groups is 1. The quantitative estimate of drug-likeness (QED) is 0.237. The normalized spacial score (nSPS) is 14.1. The number of rotatable bonds is 11. The Morgan fingerprint density at radius 3 is 2.29 bits per heavy atom. The highest BCUT2D eigenvalue weighted by Crippen LogP contribution is 2.35. The van der Waals surface area contributed by atoms with E-state index in [1.54, 1.807) is 43.3 Å². The van der Waals surface area contributed by atoms with Gasteiger partial charge in [-0.3, -0.25) is 19.7 Å². The van der Waals surface area contributed by atoms with Crippen LogP contribution >= 0.6 is 15.9 Å². The Morgan fingerprint density at radius 2 is 1.61 bits per heavy atom. The number of halogens is 1. The van der Waals surface area contributed by atoms with Gasteiger partial charge < -0.3 is 19.5 Å². The van der Waals surface area contributed by atoms with Gasteiger partial charge >= 0.3 is 6.03 Å². The summed E-state index contributed by atoms with van der Waals surface area (Å²) in [6.45, 7) is 4.51. The third-order valence-electron chi connectivity index (χ3n) is 5.86. The Kier molecular flexibility index (Phi) is 9.75. The lowest BCUT2D eigenvalue weighted by molar-refractivity contribution is -0.124. The first-order valence-corrected chi connectivity index (χ1v) is 13.6. The number of amides is 5. The van der Waals surface area contributed by atoms with Crippen LogP contribution in [0, 0.1) is 0 Å². The summed E-state index contributed by atoms with van der Waals surface area (Å²) in [7, 11) is 0. The highest BCUT2D eigenvalue weighted by atomic mass is 79.9. The summed E-state index contributed by atoms with van der Waals surface area (Å²) >= 11 is 3.44. The monoisotopic (exact) mass is 621 g/mol. The van der Waals surface area contributed by atoms with Crippen LogP contribution in [0.4, 0.5) is 10.5 Å². The minimum atomic E-state index is -0.857. The number of imide groups is 2. The van der Waals surface area contributed by atoms with Gasteiger partial charge in [-0.1, -0.05) is 46.3 Å². The van der Waals surface area contributed by atoms with Gasteiger partial charge in [0.05, 0.1) is 18.9 Å². The first kappa shape index (κ1) is 29.3. The Morgan fingerprint density at radius 1 is 0.927 bits per heavy atom. The predicted molar refractivity (Wildman–Crippen MR) is 156 cm³/mol. The Balaban J connectivity index is 1.53. The van der Waals surface area contributed by atoms with Crippen molar-refractivity contribution in [2.24, 2.45) is 0 Å². The molecule has 10 nitrogen and oxygen atoms in total. The van der Waals surface area contributed by atoms with Crippen LogP contribution in [0.2, 0.25) is 0 Å². The lowest BCUT2D eigenvalue weighted by Crippen LogP contribution is -2.54. The van der Waals surface area contributed by atoms with Crippen molar-refractivity contribution in [1.29, 1.82) is 0 Å². The van der Waals surface area contributed by atoms with Crippen molar-refractivity contribution in [1.82, 2.24) is 10.6 Å². The smallest absolute Gasteiger partial charge is 0.335 e. The van der Waals surface area contributed by atoms with Crippen molar-refractivity contribution in [3.8, 4) is 17.2 Å². The predicted octanol–water partition coefficient (Wildman–Crippen LogP) is 4.61. The van der Waals surface area contributed by atoms with Crippen LogP contribution in [-0.2, 0) is 20.9 Å². The molecule has 0 saturated carbocycles. The number of ether oxygens (including phenoxy) is 3. The molecule has 3 aromatic rings. The molecule has 0 bridgehead atoms. The number of benzene rings is 3. The molecule has 1 saturated heterocycles. The van der Waals surface area contributed by atoms with Gasteiger partial charge in [0.15, 0.2) is 18.1 Å². The maximum Gasteiger partial charge on any atom is 0.335 e. The fraction of sp³-hybridized carbons (Fsp3) is 0.200. The van der Waals surface area contributed by atoms with Gasteiger partial charge in [-0.25, -0.2) is 9.69 Å². The zero-order valence-electron chi connectivity index (χ0n) is 22.4. The molecule has 0 unspecified atom stereocenters. The summed E-state index contributed by atoms with van der Waals surface area (Å²) < 4.78 is 17.3. The van der Waals surface area contributed by atoms with E-state index < -0.39 is 17.8 Å². The Labute approximate surface area is 245 Å². The lowest BCUT2D eigenvalue weighted by Gasteiger charge is -2.26. The molecule has 1 heterocycles. The average Bonchev–Trinajstić information content (AvgIpc) is 2.96. The summed E-state index contributed by atoms with van der Waals surface area (Å²) in [6.07, 6.45) is 1.36. The van der Waals surface area contributed by atoms with E-state index in [0.29, 0.717) is 47.0 Å². The SMILES string of the molecule is CCOc1ccc(N2C(=O)NC(=O)C(=Cc3cc(OCC)c(OCC(=O)NCc4ccccc4)cc3Br)C2=O)cc1. The second-order valence-electron chi connectivity index (χ2n) is 8.69. The number of nitrogens with zero attached hydrogens (tertiary/aromatic N) is 1. The lowest BCUT2D eigenvalue weighted by atomic mass is 10.1. The molecule has 1 aliphatic rings. The number of nitrogens with one attached hydrogen (secondary N) is 2. The summed E-state index contributed by atoms with van der Waals surface area (Å²) in [5.74, 6) is -0.757. The van der Waals surface area contributed by atoms with Crippen LogP contribution in [0.3, 0.4) is 0 Å². The molecule has 4 rings (SSSR count). The highest BCUT2D eigenvalue weighted by molar-refractivity contribution is 9.10. The number of hydrogen-bond acceptors (Lipinski definition) is 7. The zero-order chi connectivity index (χ0) is 29.4. The maximum atomic E-state index is 13.3. The molecule has 0 radical (unpaired) electrons. The van der Waals surface area contributed by atoms with Crippen LogP contribution < -0.4 is 29.7 Å². The summed E-state index contributed by atoms with van der Waals surface area (Å²) in [6, 6.07) is 18.2. The van der Waals surface area contributed by atoms with Crippen LogP contribution in [0.25, 0.3) is 6.08 Å². The average molecular weight is 622 g/mol. The molecule has 0 atom stereocenters. The Bertz CT molecular complexity index is 1470. The van der Waals surface area contributed by atoms with Crippen molar-refractivity contribution >= 4 is 51.4 Å². The fourth-order valence-corrected chi connectivity index (χ4v) is 4.38. The van der Waals surface area contributed by atoms with Crippen molar-refractivity contribution in [3.63, 3.8) is 0 Å². The van der Waals surface area contributed by atoms with Gasteiger partial charge in [0.25, 0.3) is 17.7 Å². The molecule has 5 amide bonds. The van der Waals surface area contributed by atoms with E-state index in [0.717, 1.165) is 10.5 Å².